The quantitative estimate of drug-likeness (QED) is 0.900. The molecule has 2 amide bonds. The van der Waals surface area contributed by atoms with Crippen LogP contribution in [0.3, 0.4) is 0 Å². The van der Waals surface area contributed by atoms with Crippen molar-refractivity contribution in [1.29, 1.82) is 0 Å². The van der Waals surface area contributed by atoms with E-state index in [1.165, 1.54) is 6.07 Å². The topological polar surface area (TPSA) is 49.4 Å². The van der Waals surface area contributed by atoms with E-state index >= 15 is 0 Å². The van der Waals surface area contributed by atoms with Gasteiger partial charge in [0.15, 0.2) is 0 Å². The van der Waals surface area contributed by atoms with E-state index < -0.39 is 0 Å². The van der Waals surface area contributed by atoms with Gasteiger partial charge in [-0.25, -0.2) is 4.39 Å². The van der Waals surface area contributed by atoms with Gasteiger partial charge in [0.2, 0.25) is 11.8 Å². The lowest BCUT2D eigenvalue weighted by molar-refractivity contribution is -0.132. The van der Waals surface area contributed by atoms with Crippen molar-refractivity contribution in [2.75, 3.05) is 6.54 Å². The minimum absolute atomic E-state index is 0.00386. The molecular formula is C13H14BrFN2O2. The van der Waals surface area contributed by atoms with Crippen molar-refractivity contribution in [3.05, 3.63) is 34.1 Å². The van der Waals surface area contributed by atoms with Crippen molar-refractivity contribution in [2.45, 2.75) is 25.9 Å². The highest BCUT2D eigenvalue weighted by atomic mass is 79.9. The third kappa shape index (κ3) is 3.12. The summed E-state index contributed by atoms with van der Waals surface area (Å²) in [6.07, 6.45) is 0.263. The number of rotatable bonds is 2. The van der Waals surface area contributed by atoms with Gasteiger partial charge in [0.25, 0.3) is 0 Å². The zero-order valence-electron chi connectivity index (χ0n) is 10.5. The fourth-order valence-corrected chi connectivity index (χ4v) is 2.46. The minimum atomic E-state index is -0.360. The standard InChI is InChI=1S/C13H14BrFN2O2/c1-8-5-11(18)16-6-12(19)17(8)7-9-3-2-4-10(15)13(9)14/h2-4,8H,5-7H2,1H3,(H,16,18). The molecule has 0 spiro atoms. The number of nitrogens with zero attached hydrogens (tertiary/aromatic N) is 1. The Hall–Kier alpha value is -1.43. The van der Waals surface area contributed by atoms with Crippen molar-refractivity contribution >= 4 is 27.7 Å². The van der Waals surface area contributed by atoms with Gasteiger partial charge in [-0.2, -0.15) is 0 Å². The van der Waals surface area contributed by atoms with Crippen LogP contribution in [0.5, 0.6) is 0 Å². The summed E-state index contributed by atoms with van der Waals surface area (Å²) in [5, 5.41) is 2.55. The summed E-state index contributed by atoms with van der Waals surface area (Å²) in [5.74, 6) is -0.655. The molecule has 19 heavy (non-hydrogen) atoms. The Bertz CT molecular complexity index is 521. The number of benzene rings is 1. The van der Waals surface area contributed by atoms with E-state index in [9.17, 15) is 14.0 Å². The number of carbonyl (C=O) groups is 2. The summed E-state index contributed by atoms with van der Waals surface area (Å²) in [4.78, 5) is 25.0. The lowest BCUT2D eigenvalue weighted by Crippen LogP contribution is -2.39. The first-order valence-corrected chi connectivity index (χ1v) is 6.77. The summed E-state index contributed by atoms with van der Waals surface area (Å²) in [6, 6.07) is 4.51. The number of nitrogens with one attached hydrogen (secondary N) is 1. The Morgan fingerprint density at radius 3 is 2.95 bits per heavy atom. The lowest BCUT2D eigenvalue weighted by Gasteiger charge is -2.26. The molecule has 102 valence electrons. The van der Waals surface area contributed by atoms with Gasteiger partial charge in [-0.05, 0) is 34.5 Å². The summed E-state index contributed by atoms with van der Waals surface area (Å²) in [5.41, 5.74) is 0.689. The van der Waals surface area contributed by atoms with Crippen LogP contribution in [-0.4, -0.2) is 29.3 Å². The number of hydrogen-bond donors (Lipinski definition) is 1. The molecule has 0 radical (unpaired) electrons. The van der Waals surface area contributed by atoms with Crippen molar-refractivity contribution in [1.82, 2.24) is 10.2 Å². The number of hydrogen-bond acceptors (Lipinski definition) is 2. The van der Waals surface area contributed by atoms with Gasteiger partial charge in [0.05, 0.1) is 11.0 Å². The van der Waals surface area contributed by atoms with Crippen LogP contribution in [0.25, 0.3) is 0 Å². The van der Waals surface area contributed by atoms with Gasteiger partial charge in [-0.15, -0.1) is 0 Å². The van der Waals surface area contributed by atoms with Crippen molar-refractivity contribution in [2.24, 2.45) is 0 Å². The van der Waals surface area contributed by atoms with Crippen LogP contribution in [0.15, 0.2) is 22.7 Å². The van der Waals surface area contributed by atoms with E-state index in [-0.39, 0.29) is 43.2 Å². The summed E-state index contributed by atoms with van der Waals surface area (Å²) in [7, 11) is 0. The smallest absolute Gasteiger partial charge is 0.242 e. The predicted octanol–water partition coefficient (Wildman–Crippen LogP) is 1.83. The van der Waals surface area contributed by atoms with Gasteiger partial charge >= 0.3 is 0 Å². The van der Waals surface area contributed by atoms with Crippen molar-refractivity contribution in [3.63, 3.8) is 0 Å². The van der Waals surface area contributed by atoms with E-state index in [1.807, 2.05) is 6.92 Å². The number of amides is 2. The minimum Gasteiger partial charge on any atom is -0.347 e. The van der Waals surface area contributed by atoms with Gasteiger partial charge in [0, 0.05) is 19.0 Å². The zero-order valence-corrected chi connectivity index (χ0v) is 12.0. The largest absolute Gasteiger partial charge is 0.347 e. The van der Waals surface area contributed by atoms with Gasteiger partial charge in [-0.1, -0.05) is 12.1 Å². The highest BCUT2D eigenvalue weighted by Gasteiger charge is 2.27. The molecule has 6 heteroatoms. The Morgan fingerprint density at radius 2 is 2.21 bits per heavy atom. The van der Waals surface area contributed by atoms with E-state index in [1.54, 1.807) is 17.0 Å². The molecule has 1 fully saturated rings. The highest BCUT2D eigenvalue weighted by Crippen LogP contribution is 2.23. The Kier molecular flexibility index (Phi) is 4.19. The maximum atomic E-state index is 13.5. The summed E-state index contributed by atoms with van der Waals surface area (Å²) >= 11 is 3.18. The van der Waals surface area contributed by atoms with Crippen LogP contribution in [0.1, 0.15) is 18.9 Å². The second-order valence-corrected chi connectivity index (χ2v) is 5.36. The van der Waals surface area contributed by atoms with E-state index in [2.05, 4.69) is 21.2 Å². The normalized spacial score (nSPS) is 20.2. The monoisotopic (exact) mass is 328 g/mol. The fraction of sp³-hybridized carbons (Fsp3) is 0.385. The summed E-state index contributed by atoms with van der Waals surface area (Å²) < 4.78 is 13.8. The highest BCUT2D eigenvalue weighted by molar-refractivity contribution is 9.10. The van der Waals surface area contributed by atoms with E-state index in [0.29, 0.717) is 10.0 Å². The lowest BCUT2D eigenvalue weighted by atomic mass is 10.1. The molecule has 1 aromatic carbocycles. The third-order valence-electron chi connectivity index (χ3n) is 3.14. The van der Waals surface area contributed by atoms with Crippen LogP contribution >= 0.6 is 15.9 Å². The Morgan fingerprint density at radius 1 is 1.47 bits per heavy atom. The summed E-state index contributed by atoms with van der Waals surface area (Å²) in [6.45, 7) is 2.10. The van der Waals surface area contributed by atoms with E-state index in [4.69, 9.17) is 0 Å². The second-order valence-electron chi connectivity index (χ2n) is 4.56. The van der Waals surface area contributed by atoms with Gasteiger partial charge in [0.1, 0.15) is 5.82 Å². The van der Waals surface area contributed by atoms with E-state index in [0.717, 1.165) is 0 Å². The molecular weight excluding hydrogens is 315 g/mol. The first-order chi connectivity index (χ1) is 8.99. The molecule has 4 nitrogen and oxygen atoms in total. The van der Waals surface area contributed by atoms with Crippen LogP contribution < -0.4 is 5.32 Å². The molecule has 1 heterocycles. The second kappa shape index (κ2) is 5.69. The molecule has 1 atom stereocenters. The molecule has 1 N–H and O–H groups in total. The predicted molar refractivity (Wildman–Crippen MR) is 71.7 cm³/mol. The van der Waals surface area contributed by atoms with Gasteiger partial charge < -0.3 is 10.2 Å². The Labute approximate surface area is 119 Å². The maximum Gasteiger partial charge on any atom is 0.242 e. The molecule has 1 aliphatic rings. The SMILES string of the molecule is CC1CC(=O)NCC(=O)N1Cc1cccc(F)c1Br. The molecule has 1 aliphatic heterocycles. The van der Waals surface area contributed by atoms with Crippen LogP contribution in [0.4, 0.5) is 4.39 Å². The first kappa shape index (κ1) is 14.0. The molecule has 0 bridgehead atoms. The van der Waals surface area contributed by atoms with Gasteiger partial charge in [-0.3, -0.25) is 9.59 Å². The molecule has 1 saturated heterocycles. The van der Waals surface area contributed by atoms with Crippen molar-refractivity contribution in [3.8, 4) is 0 Å². The average molecular weight is 329 g/mol. The van der Waals surface area contributed by atoms with Crippen LogP contribution in [0.2, 0.25) is 0 Å². The first-order valence-electron chi connectivity index (χ1n) is 5.98. The average Bonchev–Trinajstić information content (AvgIpc) is 2.47. The fourth-order valence-electron chi connectivity index (χ4n) is 2.07. The van der Waals surface area contributed by atoms with Crippen molar-refractivity contribution < 1.29 is 14.0 Å². The third-order valence-corrected chi connectivity index (χ3v) is 4.03. The Balaban J connectivity index is 2.22. The maximum absolute atomic E-state index is 13.5. The molecule has 1 unspecified atom stereocenters. The molecule has 0 aromatic heterocycles. The number of carbonyl (C=O) groups excluding carboxylic acids is 2. The van der Waals surface area contributed by atoms with Crippen LogP contribution in [-0.2, 0) is 16.1 Å². The zero-order chi connectivity index (χ0) is 14.0. The molecule has 2 rings (SSSR count). The molecule has 0 saturated carbocycles. The molecule has 1 aromatic rings. The molecule has 0 aliphatic carbocycles. The number of halogens is 2. The van der Waals surface area contributed by atoms with Crippen LogP contribution in [0, 0.1) is 5.82 Å².